The van der Waals surface area contributed by atoms with Crippen LogP contribution in [0.1, 0.15) is 79.1 Å². The molecule has 2 rings (SSSR count). The van der Waals surface area contributed by atoms with Gasteiger partial charge in [0.2, 0.25) is 0 Å². The van der Waals surface area contributed by atoms with Gasteiger partial charge in [-0.2, -0.15) is 11.8 Å². The van der Waals surface area contributed by atoms with Gasteiger partial charge in [0, 0.05) is 17.3 Å². The second-order valence-corrected chi connectivity index (χ2v) is 9.22. The number of thioether (sulfide) groups is 1. The molecule has 2 aliphatic carbocycles. The molecule has 0 aromatic carbocycles. The SMILES string of the molecule is CCSC1CCC(NC2CCC(C(C)(C)CC)CC2)C1. The van der Waals surface area contributed by atoms with Gasteiger partial charge < -0.3 is 5.32 Å². The summed E-state index contributed by atoms with van der Waals surface area (Å²) in [6.07, 6.45) is 11.3. The molecule has 20 heavy (non-hydrogen) atoms. The van der Waals surface area contributed by atoms with E-state index < -0.39 is 0 Å². The minimum Gasteiger partial charge on any atom is -0.311 e. The van der Waals surface area contributed by atoms with E-state index in [1.54, 1.807) is 0 Å². The second-order valence-electron chi connectivity index (χ2n) is 7.64. The Hall–Kier alpha value is 0.310. The Bertz CT molecular complexity index is 281. The van der Waals surface area contributed by atoms with Crippen molar-refractivity contribution in [1.82, 2.24) is 5.32 Å². The van der Waals surface area contributed by atoms with E-state index in [1.165, 1.54) is 57.1 Å². The Balaban J connectivity index is 1.70. The molecular weight excluding hydrogens is 262 g/mol. The fraction of sp³-hybridized carbons (Fsp3) is 1.00. The van der Waals surface area contributed by atoms with Crippen LogP contribution < -0.4 is 5.32 Å². The molecule has 0 saturated heterocycles. The molecule has 1 N–H and O–H groups in total. The first-order valence-electron chi connectivity index (χ1n) is 8.92. The molecule has 2 heteroatoms. The molecule has 0 bridgehead atoms. The molecule has 2 fully saturated rings. The lowest BCUT2D eigenvalue weighted by molar-refractivity contribution is 0.134. The third-order valence-corrected chi connectivity index (χ3v) is 7.23. The Morgan fingerprint density at radius 3 is 2.20 bits per heavy atom. The molecule has 0 aliphatic heterocycles. The molecule has 0 spiro atoms. The van der Waals surface area contributed by atoms with Crippen LogP contribution in [-0.2, 0) is 0 Å². The molecule has 118 valence electrons. The summed E-state index contributed by atoms with van der Waals surface area (Å²) in [5.74, 6) is 2.24. The smallest absolute Gasteiger partial charge is 0.00805 e. The van der Waals surface area contributed by atoms with Crippen LogP contribution in [0.5, 0.6) is 0 Å². The average molecular weight is 298 g/mol. The lowest BCUT2D eigenvalue weighted by atomic mass is 9.69. The van der Waals surface area contributed by atoms with Crippen molar-refractivity contribution in [2.24, 2.45) is 11.3 Å². The molecular formula is C18H35NS. The highest BCUT2D eigenvalue weighted by Gasteiger charge is 2.33. The summed E-state index contributed by atoms with van der Waals surface area (Å²) in [5.41, 5.74) is 0.557. The van der Waals surface area contributed by atoms with E-state index in [1.807, 2.05) is 0 Å². The van der Waals surface area contributed by atoms with E-state index in [0.29, 0.717) is 5.41 Å². The summed E-state index contributed by atoms with van der Waals surface area (Å²) in [7, 11) is 0. The number of hydrogen-bond acceptors (Lipinski definition) is 2. The van der Waals surface area contributed by atoms with Gasteiger partial charge >= 0.3 is 0 Å². The summed E-state index contributed by atoms with van der Waals surface area (Å²) >= 11 is 2.17. The van der Waals surface area contributed by atoms with Crippen LogP contribution in [0.4, 0.5) is 0 Å². The molecule has 1 nitrogen and oxygen atoms in total. The van der Waals surface area contributed by atoms with Crippen LogP contribution in [0.3, 0.4) is 0 Å². The van der Waals surface area contributed by atoms with Crippen LogP contribution in [-0.4, -0.2) is 23.1 Å². The third-order valence-electron chi connectivity index (χ3n) is 6.00. The van der Waals surface area contributed by atoms with Crippen LogP contribution >= 0.6 is 11.8 Å². The van der Waals surface area contributed by atoms with Crippen molar-refractivity contribution in [3.05, 3.63) is 0 Å². The Morgan fingerprint density at radius 1 is 0.950 bits per heavy atom. The lowest BCUT2D eigenvalue weighted by Crippen LogP contribution is -2.41. The van der Waals surface area contributed by atoms with Gasteiger partial charge in [0.15, 0.2) is 0 Å². The van der Waals surface area contributed by atoms with Crippen LogP contribution in [0.15, 0.2) is 0 Å². The summed E-state index contributed by atoms with van der Waals surface area (Å²) in [5, 5.41) is 4.92. The van der Waals surface area contributed by atoms with Gasteiger partial charge in [-0.15, -0.1) is 0 Å². The van der Waals surface area contributed by atoms with E-state index in [0.717, 1.165) is 23.3 Å². The van der Waals surface area contributed by atoms with Crippen molar-refractivity contribution >= 4 is 11.8 Å². The minimum absolute atomic E-state index is 0.557. The minimum atomic E-state index is 0.557. The van der Waals surface area contributed by atoms with Crippen molar-refractivity contribution in [3.8, 4) is 0 Å². The Kier molecular flexibility index (Phi) is 6.28. The first kappa shape index (κ1) is 16.7. The number of rotatable bonds is 6. The highest BCUT2D eigenvalue weighted by Crippen LogP contribution is 2.41. The van der Waals surface area contributed by atoms with Crippen molar-refractivity contribution in [2.45, 2.75) is 96.4 Å². The second kappa shape index (κ2) is 7.54. The molecule has 0 aromatic heterocycles. The first-order chi connectivity index (χ1) is 9.55. The average Bonchev–Trinajstić information content (AvgIpc) is 2.87. The highest BCUT2D eigenvalue weighted by molar-refractivity contribution is 7.99. The Labute approximate surface area is 131 Å². The summed E-state index contributed by atoms with van der Waals surface area (Å²) in [6, 6.07) is 1.63. The molecule has 0 amide bonds. The standard InChI is InChI=1S/C18H35NS/c1-5-18(3,4)14-7-9-15(10-8-14)19-16-11-12-17(13-16)20-6-2/h14-17,19H,5-13H2,1-4H3. The van der Waals surface area contributed by atoms with Crippen molar-refractivity contribution in [2.75, 3.05) is 5.75 Å². The summed E-state index contributed by atoms with van der Waals surface area (Å²) < 4.78 is 0. The van der Waals surface area contributed by atoms with E-state index >= 15 is 0 Å². The van der Waals surface area contributed by atoms with Gasteiger partial charge in [-0.05, 0) is 62.0 Å². The van der Waals surface area contributed by atoms with Crippen LogP contribution in [0.25, 0.3) is 0 Å². The fourth-order valence-electron chi connectivity index (χ4n) is 4.14. The highest BCUT2D eigenvalue weighted by atomic mass is 32.2. The molecule has 2 saturated carbocycles. The molecule has 2 atom stereocenters. The molecule has 0 heterocycles. The van der Waals surface area contributed by atoms with Crippen molar-refractivity contribution in [1.29, 1.82) is 0 Å². The zero-order valence-electron chi connectivity index (χ0n) is 14.1. The summed E-state index contributed by atoms with van der Waals surface area (Å²) in [6.45, 7) is 9.58. The van der Waals surface area contributed by atoms with Gasteiger partial charge in [-0.3, -0.25) is 0 Å². The quantitative estimate of drug-likeness (QED) is 0.719. The zero-order chi connectivity index (χ0) is 14.6. The zero-order valence-corrected chi connectivity index (χ0v) is 14.9. The van der Waals surface area contributed by atoms with Gasteiger partial charge in [0.1, 0.15) is 0 Å². The predicted octanol–water partition coefficient (Wildman–Crippen LogP) is 5.25. The normalized spacial score (nSPS) is 35.4. The van der Waals surface area contributed by atoms with Gasteiger partial charge in [-0.25, -0.2) is 0 Å². The Morgan fingerprint density at radius 2 is 1.60 bits per heavy atom. The molecule has 0 radical (unpaired) electrons. The van der Waals surface area contributed by atoms with E-state index in [-0.39, 0.29) is 0 Å². The van der Waals surface area contributed by atoms with Crippen LogP contribution in [0, 0.1) is 11.3 Å². The van der Waals surface area contributed by atoms with E-state index in [2.05, 4.69) is 44.8 Å². The predicted molar refractivity (Wildman–Crippen MR) is 92.5 cm³/mol. The van der Waals surface area contributed by atoms with E-state index in [9.17, 15) is 0 Å². The maximum absolute atomic E-state index is 3.98. The van der Waals surface area contributed by atoms with Crippen LogP contribution in [0.2, 0.25) is 0 Å². The summed E-state index contributed by atoms with van der Waals surface area (Å²) in [4.78, 5) is 0. The van der Waals surface area contributed by atoms with Gasteiger partial charge in [0.25, 0.3) is 0 Å². The van der Waals surface area contributed by atoms with Gasteiger partial charge in [-0.1, -0.05) is 34.1 Å². The lowest BCUT2D eigenvalue weighted by Gasteiger charge is -2.39. The monoisotopic (exact) mass is 297 g/mol. The third kappa shape index (κ3) is 4.40. The molecule has 2 unspecified atom stereocenters. The number of hydrogen-bond donors (Lipinski definition) is 1. The maximum atomic E-state index is 3.98. The van der Waals surface area contributed by atoms with Crippen molar-refractivity contribution < 1.29 is 0 Å². The van der Waals surface area contributed by atoms with Crippen molar-refractivity contribution in [3.63, 3.8) is 0 Å². The molecule has 0 aromatic rings. The first-order valence-corrected chi connectivity index (χ1v) is 9.97. The fourth-order valence-corrected chi connectivity index (χ4v) is 5.28. The van der Waals surface area contributed by atoms with Gasteiger partial charge in [0.05, 0.1) is 0 Å². The molecule has 2 aliphatic rings. The number of nitrogens with one attached hydrogen (secondary N) is 1. The topological polar surface area (TPSA) is 12.0 Å². The van der Waals surface area contributed by atoms with E-state index in [4.69, 9.17) is 0 Å². The maximum Gasteiger partial charge on any atom is 0.00805 e. The largest absolute Gasteiger partial charge is 0.311 e.